The molecule has 2 fully saturated rings. The van der Waals surface area contributed by atoms with Crippen molar-refractivity contribution in [2.24, 2.45) is 29.6 Å². The third kappa shape index (κ3) is 4.18. The van der Waals surface area contributed by atoms with Gasteiger partial charge in [0.25, 0.3) is 0 Å². The smallest absolute Gasteiger partial charge is 0.387 e. The van der Waals surface area contributed by atoms with E-state index in [1.807, 2.05) is 0 Å². The van der Waals surface area contributed by atoms with Gasteiger partial charge in [-0.15, -0.1) is 0 Å². The zero-order valence-corrected chi connectivity index (χ0v) is 14.0. The molecule has 6 atom stereocenters. The molecule has 0 aliphatic heterocycles. The molecule has 5 nitrogen and oxygen atoms in total. The molecule has 2 saturated carbocycles. The Kier molecular flexibility index (Phi) is 5.03. The van der Waals surface area contributed by atoms with Crippen molar-refractivity contribution in [3.05, 3.63) is 0 Å². The van der Waals surface area contributed by atoms with Crippen LogP contribution >= 0.6 is 0 Å². The third-order valence-corrected chi connectivity index (χ3v) is 6.29. The molecule has 0 bridgehead atoms. The predicted molar refractivity (Wildman–Crippen MR) is 80.0 cm³/mol. The van der Waals surface area contributed by atoms with Gasteiger partial charge in [-0.1, -0.05) is 26.7 Å². The average Bonchev–Trinajstić information content (AvgIpc) is 2.62. The summed E-state index contributed by atoms with van der Waals surface area (Å²) in [5.41, 5.74) is -1.23. The summed E-state index contributed by atoms with van der Waals surface area (Å²) in [6, 6.07) is 0. The lowest BCUT2D eigenvalue weighted by molar-refractivity contribution is -0.0499. The van der Waals surface area contributed by atoms with Crippen LogP contribution in [0.3, 0.4) is 0 Å². The lowest BCUT2D eigenvalue weighted by Gasteiger charge is -2.34. The van der Waals surface area contributed by atoms with Crippen LogP contribution in [-0.2, 0) is 14.6 Å². The molecule has 2 N–H and O–H groups in total. The van der Waals surface area contributed by atoms with Gasteiger partial charge in [-0.05, 0) is 55.8 Å². The van der Waals surface area contributed by atoms with E-state index in [2.05, 4.69) is 18.0 Å². The van der Waals surface area contributed by atoms with Crippen LogP contribution in [0.1, 0.15) is 52.9 Å². The largest absolute Gasteiger partial charge is 0.397 e. The van der Waals surface area contributed by atoms with Gasteiger partial charge in [0, 0.05) is 0 Å². The van der Waals surface area contributed by atoms with E-state index in [0.29, 0.717) is 17.8 Å². The van der Waals surface area contributed by atoms with Gasteiger partial charge in [-0.25, -0.2) is 4.18 Å². The van der Waals surface area contributed by atoms with Crippen molar-refractivity contribution in [3.63, 3.8) is 0 Å². The Bertz CT molecular complexity index is 459. The van der Waals surface area contributed by atoms with Gasteiger partial charge in [0.15, 0.2) is 0 Å². The molecule has 21 heavy (non-hydrogen) atoms. The van der Waals surface area contributed by atoms with E-state index in [-0.39, 0.29) is 12.5 Å². The van der Waals surface area contributed by atoms with Crippen LogP contribution in [0.5, 0.6) is 0 Å². The highest BCUT2D eigenvalue weighted by atomic mass is 32.3. The lowest BCUT2D eigenvalue weighted by Crippen LogP contribution is -2.41. The summed E-state index contributed by atoms with van der Waals surface area (Å²) in [6.07, 6.45) is 5.36. The van der Waals surface area contributed by atoms with Crippen LogP contribution in [-0.4, -0.2) is 30.3 Å². The molecule has 2 aliphatic carbocycles. The molecule has 2 rings (SSSR count). The molecule has 0 heterocycles. The van der Waals surface area contributed by atoms with E-state index in [1.54, 1.807) is 6.92 Å². The minimum absolute atomic E-state index is 0.0113. The van der Waals surface area contributed by atoms with Crippen LogP contribution in [0.2, 0.25) is 0 Å². The van der Waals surface area contributed by atoms with E-state index in [0.717, 1.165) is 25.2 Å². The number of hydrogen-bond donors (Lipinski definition) is 2. The van der Waals surface area contributed by atoms with Gasteiger partial charge < -0.3 is 5.11 Å². The summed E-state index contributed by atoms with van der Waals surface area (Å²) in [6.45, 7) is 5.81. The highest BCUT2D eigenvalue weighted by molar-refractivity contribution is 7.80. The molecule has 6 heteroatoms. The Hall–Kier alpha value is -0.170. The van der Waals surface area contributed by atoms with Gasteiger partial charge in [-0.3, -0.25) is 4.55 Å². The summed E-state index contributed by atoms with van der Waals surface area (Å²) in [5.74, 6) is 2.66. The van der Waals surface area contributed by atoms with Crippen LogP contribution in [0.25, 0.3) is 0 Å². The summed E-state index contributed by atoms with van der Waals surface area (Å²) in [4.78, 5) is 0. The number of hydrogen-bond acceptors (Lipinski definition) is 4. The van der Waals surface area contributed by atoms with Crippen molar-refractivity contribution in [1.82, 2.24) is 0 Å². The van der Waals surface area contributed by atoms with E-state index in [4.69, 9.17) is 4.55 Å². The molecule has 0 aromatic carbocycles. The molecular formula is C15H28O5S. The molecule has 0 unspecified atom stereocenters. The Morgan fingerprint density at radius 2 is 1.67 bits per heavy atom. The van der Waals surface area contributed by atoms with Crippen LogP contribution in [0.15, 0.2) is 0 Å². The number of fused-ring (bicyclic) bond motifs is 1. The van der Waals surface area contributed by atoms with Gasteiger partial charge in [-0.2, -0.15) is 8.42 Å². The molecule has 0 amide bonds. The van der Waals surface area contributed by atoms with Crippen LogP contribution in [0, 0.1) is 29.6 Å². The van der Waals surface area contributed by atoms with Gasteiger partial charge in [0.05, 0.1) is 12.2 Å². The fourth-order valence-corrected chi connectivity index (χ4v) is 4.81. The minimum Gasteiger partial charge on any atom is -0.387 e. The van der Waals surface area contributed by atoms with E-state index in [1.165, 1.54) is 12.8 Å². The first kappa shape index (κ1) is 17.2. The second kappa shape index (κ2) is 6.14. The molecule has 0 saturated heterocycles. The molecule has 0 spiro atoms. The Balaban J connectivity index is 2.08. The van der Waals surface area contributed by atoms with Crippen molar-refractivity contribution in [1.29, 1.82) is 0 Å². The van der Waals surface area contributed by atoms with Gasteiger partial charge in [0.1, 0.15) is 0 Å². The summed E-state index contributed by atoms with van der Waals surface area (Å²) in [5, 5.41) is 10.6. The summed E-state index contributed by atoms with van der Waals surface area (Å²) >= 11 is 0. The van der Waals surface area contributed by atoms with Crippen molar-refractivity contribution < 1.29 is 22.3 Å². The van der Waals surface area contributed by atoms with Crippen LogP contribution in [0.4, 0.5) is 0 Å². The Morgan fingerprint density at radius 3 is 2.29 bits per heavy atom. The van der Waals surface area contributed by atoms with Crippen molar-refractivity contribution in [3.8, 4) is 0 Å². The highest BCUT2D eigenvalue weighted by Crippen LogP contribution is 2.50. The second-order valence-electron chi connectivity index (χ2n) is 7.42. The monoisotopic (exact) mass is 320 g/mol. The average molecular weight is 320 g/mol. The Labute approximate surface area is 128 Å². The van der Waals surface area contributed by atoms with Crippen molar-refractivity contribution >= 4 is 10.4 Å². The maximum absolute atomic E-state index is 10.7. The third-order valence-electron chi connectivity index (χ3n) is 5.87. The molecule has 0 aromatic rings. The maximum Gasteiger partial charge on any atom is 0.397 e. The highest BCUT2D eigenvalue weighted by Gasteiger charge is 2.44. The maximum atomic E-state index is 10.7. The van der Waals surface area contributed by atoms with E-state index < -0.39 is 16.0 Å². The zero-order chi connectivity index (χ0) is 15.8. The minimum atomic E-state index is -4.50. The Morgan fingerprint density at radius 1 is 1.10 bits per heavy atom. The van der Waals surface area contributed by atoms with Gasteiger partial charge in [0.2, 0.25) is 0 Å². The van der Waals surface area contributed by atoms with Gasteiger partial charge >= 0.3 is 10.4 Å². The SMILES string of the molecule is C[C@H]1CC[C@@H]([C@@](C)(O)COS(=O)(=O)O)C[C@@H]2[C@H]1CC[C@@H]2C. The normalized spacial score (nSPS) is 40.3. The molecule has 0 aromatic heterocycles. The fraction of sp³-hybridized carbons (Fsp3) is 1.00. The van der Waals surface area contributed by atoms with Crippen molar-refractivity contribution in [2.45, 2.75) is 58.5 Å². The first-order valence-corrected chi connectivity index (χ1v) is 9.31. The fourth-order valence-electron chi connectivity index (χ4n) is 4.42. The zero-order valence-electron chi connectivity index (χ0n) is 13.2. The van der Waals surface area contributed by atoms with E-state index >= 15 is 0 Å². The lowest BCUT2D eigenvalue weighted by atomic mass is 9.77. The first-order chi connectivity index (χ1) is 9.60. The summed E-state index contributed by atoms with van der Waals surface area (Å²) < 4.78 is 34.6. The molecule has 0 radical (unpaired) electrons. The predicted octanol–water partition coefficient (Wildman–Crippen LogP) is 2.66. The standard InChI is InChI=1S/C15H28O5S/c1-10-4-6-12(8-14-11(2)5-7-13(10)14)15(3,16)9-20-21(17,18)19/h10-14,16H,4-9H2,1-3H3,(H,17,18,19)/t10-,11-,12+,13-,14-,15-/m0/s1. The van der Waals surface area contributed by atoms with Crippen LogP contribution < -0.4 is 0 Å². The quantitative estimate of drug-likeness (QED) is 0.778. The second-order valence-corrected chi connectivity index (χ2v) is 8.51. The topological polar surface area (TPSA) is 83.8 Å². The molecular weight excluding hydrogens is 292 g/mol. The molecule has 124 valence electrons. The first-order valence-electron chi connectivity index (χ1n) is 7.94. The number of rotatable bonds is 4. The van der Waals surface area contributed by atoms with Crippen molar-refractivity contribution in [2.75, 3.05) is 6.61 Å². The summed E-state index contributed by atoms with van der Waals surface area (Å²) in [7, 11) is -4.50. The van der Waals surface area contributed by atoms with E-state index in [9.17, 15) is 13.5 Å². The molecule has 2 aliphatic rings. The number of aliphatic hydroxyl groups is 1.